The van der Waals surface area contributed by atoms with Gasteiger partial charge in [0, 0.05) is 16.5 Å². The summed E-state index contributed by atoms with van der Waals surface area (Å²) in [6, 6.07) is 10.9. The van der Waals surface area contributed by atoms with E-state index < -0.39 is 0 Å². The Bertz CT molecular complexity index is 796. The molecular weight excluding hydrogens is 286 g/mol. The smallest absolute Gasteiger partial charge is 0.265 e. The van der Waals surface area contributed by atoms with Crippen molar-refractivity contribution in [2.45, 2.75) is 0 Å². The van der Waals surface area contributed by atoms with Crippen molar-refractivity contribution in [1.82, 2.24) is 4.98 Å². The summed E-state index contributed by atoms with van der Waals surface area (Å²) in [5, 5.41) is 3.78. The predicted octanol–water partition coefficient (Wildman–Crippen LogP) is 3.14. The van der Waals surface area contributed by atoms with Crippen molar-refractivity contribution >= 4 is 38.7 Å². The van der Waals surface area contributed by atoms with E-state index in [0.29, 0.717) is 22.1 Å². The van der Waals surface area contributed by atoms with Crippen molar-refractivity contribution in [3.63, 3.8) is 0 Å². The predicted molar refractivity (Wildman–Crippen MR) is 85.0 cm³/mol. The van der Waals surface area contributed by atoms with E-state index in [1.807, 2.05) is 24.3 Å². The van der Waals surface area contributed by atoms with Gasteiger partial charge >= 0.3 is 0 Å². The number of nitrogens with one attached hydrogen (secondary N) is 1. The monoisotopic (exact) mass is 299 g/mol. The van der Waals surface area contributed by atoms with E-state index in [2.05, 4.69) is 10.3 Å². The molecule has 5 nitrogen and oxygen atoms in total. The molecule has 3 aromatic rings. The minimum Gasteiger partial charge on any atom is -0.481 e. The van der Waals surface area contributed by atoms with Crippen molar-refractivity contribution in [3.8, 4) is 5.88 Å². The zero-order chi connectivity index (χ0) is 14.8. The van der Waals surface area contributed by atoms with Gasteiger partial charge in [-0.25, -0.2) is 4.98 Å². The fourth-order valence-corrected chi connectivity index (χ4v) is 2.88. The summed E-state index contributed by atoms with van der Waals surface area (Å²) in [5.74, 6) is 0.340. The number of methoxy groups -OCH3 is 1. The maximum atomic E-state index is 12.2. The Morgan fingerprint density at radius 3 is 2.86 bits per heavy atom. The van der Waals surface area contributed by atoms with Crippen molar-refractivity contribution in [2.75, 3.05) is 18.2 Å². The van der Waals surface area contributed by atoms with Crippen molar-refractivity contribution < 1.29 is 9.53 Å². The Labute approximate surface area is 125 Å². The molecule has 0 aliphatic heterocycles. The molecule has 0 bridgehead atoms. The molecule has 6 heteroatoms. The number of nitrogens with zero attached hydrogens (tertiary/aromatic N) is 1. The van der Waals surface area contributed by atoms with E-state index in [0.717, 1.165) is 10.1 Å². The first kappa shape index (κ1) is 13.4. The van der Waals surface area contributed by atoms with E-state index in [1.165, 1.54) is 11.3 Å². The molecule has 0 aliphatic carbocycles. The number of aromatic nitrogens is 1. The van der Waals surface area contributed by atoms with Crippen molar-refractivity contribution in [1.29, 1.82) is 0 Å². The van der Waals surface area contributed by atoms with Crippen LogP contribution in [0, 0.1) is 0 Å². The lowest BCUT2D eigenvalue weighted by Crippen LogP contribution is -2.10. The number of carbonyl (C=O) groups excluding carboxylic acids is 1. The quantitative estimate of drug-likeness (QED) is 0.728. The first-order chi connectivity index (χ1) is 10.2. The van der Waals surface area contributed by atoms with Gasteiger partial charge in [0.15, 0.2) is 0 Å². The molecule has 1 amide bonds. The lowest BCUT2D eigenvalue weighted by atomic mass is 10.2. The third-order valence-corrected chi connectivity index (χ3v) is 4.08. The second-order valence-electron chi connectivity index (χ2n) is 4.45. The van der Waals surface area contributed by atoms with Gasteiger partial charge in [-0.15, -0.1) is 11.3 Å². The van der Waals surface area contributed by atoms with Crippen LogP contribution < -0.4 is 15.8 Å². The molecule has 0 aliphatic rings. The van der Waals surface area contributed by atoms with Crippen LogP contribution in [0.2, 0.25) is 0 Å². The van der Waals surface area contributed by atoms with Crippen molar-refractivity contribution in [3.05, 3.63) is 47.5 Å². The Hall–Kier alpha value is -2.60. The Morgan fingerprint density at radius 1 is 1.29 bits per heavy atom. The van der Waals surface area contributed by atoms with Crippen LogP contribution in [-0.2, 0) is 0 Å². The lowest BCUT2D eigenvalue weighted by Gasteiger charge is -2.03. The number of amides is 1. The first-order valence-corrected chi connectivity index (χ1v) is 7.08. The molecular formula is C15H13N3O2S. The Kier molecular flexibility index (Phi) is 3.45. The average Bonchev–Trinajstić information content (AvgIpc) is 2.91. The fraction of sp³-hybridized carbons (Fsp3) is 0.0667. The topological polar surface area (TPSA) is 77.2 Å². The maximum absolute atomic E-state index is 12.2. The van der Waals surface area contributed by atoms with Gasteiger partial charge in [-0.1, -0.05) is 0 Å². The van der Waals surface area contributed by atoms with Gasteiger partial charge in [0.25, 0.3) is 5.91 Å². The molecule has 0 fully saturated rings. The summed E-state index contributed by atoms with van der Waals surface area (Å²) < 4.78 is 6.01. The molecule has 21 heavy (non-hydrogen) atoms. The highest BCUT2D eigenvalue weighted by Crippen LogP contribution is 2.28. The number of hydrogen-bond acceptors (Lipinski definition) is 5. The molecule has 1 aromatic carbocycles. The number of anilines is 2. The molecule has 0 spiro atoms. The Balaban J connectivity index is 1.82. The number of thiophene rings is 1. The minimum absolute atomic E-state index is 0.165. The number of ether oxygens (including phenoxy) is 1. The second kappa shape index (κ2) is 5.41. The minimum atomic E-state index is -0.165. The van der Waals surface area contributed by atoms with E-state index in [1.54, 1.807) is 25.4 Å². The largest absolute Gasteiger partial charge is 0.481 e. The number of benzene rings is 1. The van der Waals surface area contributed by atoms with Gasteiger partial charge in [-0.2, -0.15) is 0 Å². The van der Waals surface area contributed by atoms with Crippen LogP contribution in [-0.4, -0.2) is 18.0 Å². The standard InChI is InChI=1S/C15H13N3O2S/c1-20-14-5-3-11(8-17-14)18-15(19)13-7-9-6-10(16)2-4-12(9)21-13/h2-8H,16H2,1H3,(H,18,19). The molecule has 0 unspecified atom stereocenters. The van der Waals surface area contributed by atoms with E-state index in [-0.39, 0.29) is 5.91 Å². The normalized spacial score (nSPS) is 10.5. The van der Waals surface area contributed by atoms with Gasteiger partial charge in [0.1, 0.15) is 0 Å². The van der Waals surface area contributed by atoms with Crippen LogP contribution in [0.1, 0.15) is 9.67 Å². The zero-order valence-electron chi connectivity index (χ0n) is 11.3. The van der Waals surface area contributed by atoms with Gasteiger partial charge in [-0.3, -0.25) is 4.79 Å². The molecule has 106 valence electrons. The zero-order valence-corrected chi connectivity index (χ0v) is 12.1. The highest BCUT2D eigenvalue weighted by atomic mass is 32.1. The Morgan fingerprint density at radius 2 is 2.14 bits per heavy atom. The number of rotatable bonds is 3. The first-order valence-electron chi connectivity index (χ1n) is 6.26. The van der Waals surface area contributed by atoms with Crippen LogP contribution in [0.3, 0.4) is 0 Å². The molecule has 0 radical (unpaired) electrons. The third kappa shape index (κ3) is 2.80. The number of hydrogen-bond donors (Lipinski definition) is 2. The summed E-state index contributed by atoms with van der Waals surface area (Å²) in [6.45, 7) is 0. The summed E-state index contributed by atoms with van der Waals surface area (Å²) in [6.07, 6.45) is 1.56. The van der Waals surface area contributed by atoms with E-state index in [4.69, 9.17) is 10.5 Å². The van der Waals surface area contributed by atoms with Crippen LogP contribution in [0.15, 0.2) is 42.6 Å². The van der Waals surface area contributed by atoms with Gasteiger partial charge in [0.2, 0.25) is 5.88 Å². The van der Waals surface area contributed by atoms with Crippen LogP contribution in [0.5, 0.6) is 5.88 Å². The van der Waals surface area contributed by atoms with E-state index >= 15 is 0 Å². The second-order valence-corrected chi connectivity index (χ2v) is 5.54. The highest BCUT2D eigenvalue weighted by Gasteiger charge is 2.11. The summed E-state index contributed by atoms with van der Waals surface area (Å²) >= 11 is 1.43. The van der Waals surface area contributed by atoms with Crippen LogP contribution >= 0.6 is 11.3 Å². The molecule has 2 heterocycles. The number of pyridine rings is 1. The number of carbonyl (C=O) groups is 1. The summed E-state index contributed by atoms with van der Waals surface area (Å²) in [4.78, 5) is 16.9. The molecule has 2 aromatic heterocycles. The third-order valence-electron chi connectivity index (χ3n) is 2.97. The molecule has 3 N–H and O–H groups in total. The fourth-order valence-electron chi connectivity index (χ4n) is 1.94. The molecule has 0 saturated carbocycles. The highest BCUT2D eigenvalue weighted by molar-refractivity contribution is 7.20. The molecule has 3 rings (SSSR count). The van der Waals surface area contributed by atoms with E-state index in [9.17, 15) is 4.79 Å². The molecule has 0 saturated heterocycles. The number of fused-ring (bicyclic) bond motifs is 1. The van der Waals surface area contributed by atoms with Crippen molar-refractivity contribution in [2.24, 2.45) is 0 Å². The van der Waals surface area contributed by atoms with Gasteiger partial charge in [-0.05, 0) is 35.7 Å². The van der Waals surface area contributed by atoms with Crippen LogP contribution in [0.4, 0.5) is 11.4 Å². The van der Waals surface area contributed by atoms with Gasteiger partial charge in [0.05, 0.1) is 23.9 Å². The average molecular weight is 299 g/mol. The summed E-state index contributed by atoms with van der Waals surface area (Å²) in [5.41, 5.74) is 7.05. The number of nitrogens with two attached hydrogens (primary N) is 1. The van der Waals surface area contributed by atoms with Crippen LogP contribution in [0.25, 0.3) is 10.1 Å². The van der Waals surface area contributed by atoms with Gasteiger partial charge < -0.3 is 15.8 Å². The summed E-state index contributed by atoms with van der Waals surface area (Å²) in [7, 11) is 1.55. The SMILES string of the molecule is COc1ccc(NC(=O)c2cc3cc(N)ccc3s2)cn1. The molecule has 0 atom stereocenters. The lowest BCUT2D eigenvalue weighted by molar-refractivity contribution is 0.103. The maximum Gasteiger partial charge on any atom is 0.265 e. The number of nitrogen functional groups attached to an aromatic ring is 1.